The Morgan fingerprint density at radius 3 is 2.67 bits per heavy atom. The summed E-state index contributed by atoms with van der Waals surface area (Å²) in [5.41, 5.74) is 0.572. The van der Waals surface area contributed by atoms with Crippen molar-refractivity contribution in [2.45, 2.75) is 19.3 Å². The Morgan fingerprint density at radius 2 is 1.94 bits per heavy atom. The van der Waals surface area contributed by atoms with Crippen molar-refractivity contribution in [2.75, 3.05) is 6.61 Å². The summed E-state index contributed by atoms with van der Waals surface area (Å²) in [6.45, 7) is 0.146. The molecule has 0 aliphatic carbocycles. The maximum atomic E-state index is 9.38. The van der Waals surface area contributed by atoms with E-state index in [1.807, 2.05) is 0 Å². The van der Waals surface area contributed by atoms with E-state index < -0.39 is 0 Å². The molecule has 0 aliphatic rings. The molecule has 6 nitrogen and oxygen atoms in total. The number of aliphatic hydroxyl groups is 1. The monoisotopic (exact) mass is 250 g/mol. The number of aryl methyl sites for hydroxylation is 1. The summed E-state index contributed by atoms with van der Waals surface area (Å²) in [5.74, 6) is 0.444. The third-order valence-electron chi connectivity index (χ3n) is 2.50. The molecule has 2 rings (SSSR count). The maximum absolute atomic E-state index is 9.38. The van der Waals surface area contributed by atoms with Crippen molar-refractivity contribution < 1.29 is 19.8 Å². The average molecular weight is 250 g/mol. The zero-order valence-electron chi connectivity index (χ0n) is 9.70. The molecule has 96 valence electrons. The molecule has 6 heteroatoms. The van der Waals surface area contributed by atoms with Crippen LogP contribution in [0.4, 0.5) is 0 Å². The minimum atomic E-state index is -0.223. The van der Waals surface area contributed by atoms with Gasteiger partial charge in [0.2, 0.25) is 11.7 Å². The fourth-order valence-corrected chi connectivity index (χ4v) is 1.52. The molecule has 3 N–H and O–H groups in total. The molecular weight excluding hydrogens is 236 g/mol. The lowest BCUT2D eigenvalue weighted by Gasteiger charge is -1.98. The van der Waals surface area contributed by atoms with E-state index >= 15 is 0 Å². The van der Waals surface area contributed by atoms with Crippen LogP contribution in [0.25, 0.3) is 11.4 Å². The highest BCUT2D eigenvalue weighted by Gasteiger charge is 2.10. The summed E-state index contributed by atoms with van der Waals surface area (Å²) in [6, 6.07) is 4.33. The minimum Gasteiger partial charge on any atom is -0.504 e. The van der Waals surface area contributed by atoms with E-state index in [-0.39, 0.29) is 18.1 Å². The van der Waals surface area contributed by atoms with E-state index in [0.29, 0.717) is 30.1 Å². The van der Waals surface area contributed by atoms with Crippen molar-refractivity contribution in [3.8, 4) is 22.9 Å². The molecule has 0 spiro atoms. The second-order valence-electron chi connectivity index (χ2n) is 3.90. The summed E-state index contributed by atoms with van der Waals surface area (Å²) in [4.78, 5) is 4.17. The van der Waals surface area contributed by atoms with Gasteiger partial charge in [0.05, 0.1) is 0 Å². The van der Waals surface area contributed by atoms with Crippen LogP contribution in [0.15, 0.2) is 22.7 Å². The number of hydrogen-bond acceptors (Lipinski definition) is 6. The van der Waals surface area contributed by atoms with Crippen LogP contribution in [0.1, 0.15) is 18.7 Å². The second kappa shape index (κ2) is 5.50. The number of phenolic OH excluding ortho intramolecular Hbond substituents is 2. The van der Waals surface area contributed by atoms with Gasteiger partial charge in [-0.3, -0.25) is 0 Å². The van der Waals surface area contributed by atoms with Crippen LogP contribution in [0.5, 0.6) is 11.5 Å². The molecule has 0 saturated carbocycles. The van der Waals surface area contributed by atoms with E-state index in [0.717, 1.165) is 6.42 Å². The van der Waals surface area contributed by atoms with Crippen LogP contribution in [0.2, 0.25) is 0 Å². The molecule has 0 fully saturated rings. The molecule has 0 aliphatic heterocycles. The molecule has 1 aromatic heterocycles. The van der Waals surface area contributed by atoms with Gasteiger partial charge in [-0.1, -0.05) is 5.16 Å². The highest BCUT2D eigenvalue weighted by Crippen LogP contribution is 2.29. The summed E-state index contributed by atoms with van der Waals surface area (Å²) < 4.78 is 5.05. The lowest BCUT2D eigenvalue weighted by Crippen LogP contribution is -1.89. The molecule has 2 aromatic rings. The highest BCUT2D eigenvalue weighted by atomic mass is 16.5. The van der Waals surface area contributed by atoms with Crippen molar-refractivity contribution in [1.29, 1.82) is 0 Å². The summed E-state index contributed by atoms with van der Waals surface area (Å²) in [5, 5.41) is 31.0. The van der Waals surface area contributed by atoms with E-state index in [1.54, 1.807) is 6.07 Å². The number of aliphatic hydroxyl groups excluding tert-OH is 1. The van der Waals surface area contributed by atoms with Gasteiger partial charge in [0.25, 0.3) is 0 Å². The molecular formula is C12H14N2O4. The van der Waals surface area contributed by atoms with Crippen LogP contribution in [0.3, 0.4) is 0 Å². The average Bonchev–Trinajstić information content (AvgIpc) is 2.82. The van der Waals surface area contributed by atoms with E-state index in [1.165, 1.54) is 12.1 Å². The molecule has 0 unspecified atom stereocenters. The van der Waals surface area contributed by atoms with Gasteiger partial charge in [-0.25, -0.2) is 0 Å². The Labute approximate surface area is 104 Å². The van der Waals surface area contributed by atoms with E-state index in [2.05, 4.69) is 10.1 Å². The van der Waals surface area contributed by atoms with Gasteiger partial charge in [0, 0.05) is 18.6 Å². The van der Waals surface area contributed by atoms with Crippen molar-refractivity contribution in [3.63, 3.8) is 0 Å². The Balaban J connectivity index is 2.11. The second-order valence-corrected chi connectivity index (χ2v) is 3.90. The van der Waals surface area contributed by atoms with Crippen molar-refractivity contribution >= 4 is 0 Å². The Bertz CT molecular complexity index is 525. The molecule has 1 heterocycles. The third kappa shape index (κ3) is 2.78. The lowest BCUT2D eigenvalue weighted by atomic mass is 10.2. The number of phenols is 2. The number of aromatic hydroxyl groups is 2. The zero-order chi connectivity index (χ0) is 13.0. The van der Waals surface area contributed by atoms with Gasteiger partial charge in [-0.05, 0) is 31.0 Å². The van der Waals surface area contributed by atoms with E-state index in [9.17, 15) is 10.2 Å². The first kappa shape index (κ1) is 12.4. The van der Waals surface area contributed by atoms with Crippen LogP contribution in [-0.4, -0.2) is 32.1 Å². The minimum absolute atomic E-state index is 0.146. The van der Waals surface area contributed by atoms with Crippen LogP contribution < -0.4 is 0 Å². The number of nitrogens with zero attached hydrogens (tertiary/aromatic N) is 2. The third-order valence-corrected chi connectivity index (χ3v) is 2.50. The van der Waals surface area contributed by atoms with Gasteiger partial charge in [-0.2, -0.15) is 4.98 Å². The maximum Gasteiger partial charge on any atom is 0.226 e. The molecule has 0 atom stereocenters. The predicted molar refractivity (Wildman–Crippen MR) is 63.1 cm³/mol. The van der Waals surface area contributed by atoms with Crippen molar-refractivity contribution in [2.24, 2.45) is 0 Å². The standard InChI is InChI=1S/C12H14N2O4/c15-6-2-1-3-11-13-12(14-18-11)8-4-5-9(16)10(17)7-8/h4-5,7,15-17H,1-3,6H2. The topological polar surface area (TPSA) is 99.6 Å². The zero-order valence-corrected chi connectivity index (χ0v) is 9.70. The van der Waals surface area contributed by atoms with Gasteiger partial charge in [-0.15, -0.1) is 0 Å². The Hall–Kier alpha value is -2.08. The summed E-state index contributed by atoms with van der Waals surface area (Å²) >= 11 is 0. The largest absolute Gasteiger partial charge is 0.504 e. The Morgan fingerprint density at radius 1 is 1.11 bits per heavy atom. The lowest BCUT2D eigenvalue weighted by molar-refractivity contribution is 0.281. The van der Waals surface area contributed by atoms with Crippen molar-refractivity contribution in [1.82, 2.24) is 10.1 Å². The summed E-state index contributed by atoms with van der Waals surface area (Å²) in [6.07, 6.45) is 2.08. The molecule has 0 amide bonds. The van der Waals surface area contributed by atoms with Gasteiger partial charge in [0.15, 0.2) is 11.5 Å². The first-order valence-electron chi connectivity index (χ1n) is 5.66. The molecule has 0 bridgehead atoms. The highest BCUT2D eigenvalue weighted by molar-refractivity contribution is 5.59. The van der Waals surface area contributed by atoms with Gasteiger partial charge < -0.3 is 19.8 Å². The smallest absolute Gasteiger partial charge is 0.226 e. The quantitative estimate of drug-likeness (QED) is 0.548. The predicted octanol–water partition coefficient (Wildman–Crippen LogP) is 1.46. The number of unbranched alkanes of at least 4 members (excludes halogenated alkanes) is 1. The van der Waals surface area contributed by atoms with Gasteiger partial charge >= 0.3 is 0 Å². The summed E-state index contributed by atoms with van der Waals surface area (Å²) in [7, 11) is 0. The first-order valence-corrected chi connectivity index (χ1v) is 5.66. The van der Waals surface area contributed by atoms with Gasteiger partial charge in [0.1, 0.15) is 0 Å². The van der Waals surface area contributed by atoms with Crippen LogP contribution in [0, 0.1) is 0 Å². The normalized spacial score (nSPS) is 10.7. The Kier molecular flexibility index (Phi) is 3.78. The fourth-order valence-electron chi connectivity index (χ4n) is 1.52. The van der Waals surface area contributed by atoms with Crippen LogP contribution >= 0.6 is 0 Å². The number of benzene rings is 1. The number of aromatic nitrogens is 2. The molecule has 18 heavy (non-hydrogen) atoms. The number of hydrogen-bond donors (Lipinski definition) is 3. The number of rotatable bonds is 5. The molecule has 0 radical (unpaired) electrons. The fraction of sp³-hybridized carbons (Fsp3) is 0.333. The van der Waals surface area contributed by atoms with Crippen LogP contribution in [-0.2, 0) is 6.42 Å². The molecule has 0 saturated heterocycles. The first-order chi connectivity index (χ1) is 8.70. The SMILES string of the molecule is OCCCCc1nc(-c2ccc(O)c(O)c2)no1. The van der Waals surface area contributed by atoms with Crippen molar-refractivity contribution in [3.05, 3.63) is 24.1 Å². The molecule has 1 aromatic carbocycles. The van der Waals surface area contributed by atoms with E-state index in [4.69, 9.17) is 9.63 Å².